The van der Waals surface area contributed by atoms with Crippen molar-refractivity contribution in [2.45, 2.75) is 79.8 Å². The van der Waals surface area contributed by atoms with Gasteiger partial charge in [0.1, 0.15) is 0 Å². The Morgan fingerprint density at radius 1 is 0.667 bits per heavy atom. The number of pyridine rings is 2. The van der Waals surface area contributed by atoms with Crippen LogP contribution in [0.2, 0.25) is 19.6 Å². The largest absolute Gasteiger partial charge is 0.486 e. The minimum absolute atomic E-state index is 0. The van der Waals surface area contributed by atoms with E-state index in [2.05, 4.69) is 153 Å². The molecule has 4 aromatic heterocycles. The first kappa shape index (κ1) is 40.3. The van der Waals surface area contributed by atoms with Crippen LogP contribution in [0.4, 0.5) is 4.39 Å². The number of imidazole rings is 1. The fourth-order valence-corrected chi connectivity index (χ4v) is 10.7. The van der Waals surface area contributed by atoms with E-state index in [0.717, 1.165) is 50.5 Å². The van der Waals surface area contributed by atoms with Gasteiger partial charge in [-0.15, -0.1) is 36.4 Å². The number of benzene rings is 7. The van der Waals surface area contributed by atoms with Gasteiger partial charge >= 0.3 is 0 Å². The molecule has 5 nitrogen and oxygen atoms in total. The van der Waals surface area contributed by atoms with E-state index in [0.29, 0.717) is 10.9 Å². The van der Waals surface area contributed by atoms with Gasteiger partial charge in [0.15, 0.2) is 0 Å². The summed E-state index contributed by atoms with van der Waals surface area (Å²) >= 11 is 0. The minimum atomic E-state index is -2.61. The van der Waals surface area contributed by atoms with Crippen molar-refractivity contribution in [1.82, 2.24) is 19.5 Å². The third-order valence-electron chi connectivity index (χ3n) is 12.8. The molecule has 0 aliphatic rings. The van der Waals surface area contributed by atoms with Crippen LogP contribution in [0.25, 0.3) is 94.1 Å². The van der Waals surface area contributed by atoms with E-state index < -0.39 is 33.2 Å². The quantitative estimate of drug-likeness (QED) is 0.0907. The summed E-state index contributed by atoms with van der Waals surface area (Å²) in [7, 11) is -1.98. The summed E-state index contributed by atoms with van der Waals surface area (Å²) in [5.41, 5.74) is 10.9. The Morgan fingerprint density at radius 2 is 1.36 bits per heavy atom. The summed E-state index contributed by atoms with van der Waals surface area (Å²) in [6.07, 6.45) is 1.47. The van der Waals surface area contributed by atoms with Crippen molar-refractivity contribution < 1.29 is 37.1 Å². The molecule has 11 rings (SSSR count). The maximum Gasteiger partial charge on any atom is 0.216 e. The second kappa shape index (κ2) is 18.7. The zero-order valence-electron chi connectivity index (χ0n) is 45.8. The van der Waals surface area contributed by atoms with Crippen LogP contribution in [0.5, 0.6) is 0 Å². The summed E-state index contributed by atoms with van der Waals surface area (Å²) in [5.74, 6) is 0.368. The molecule has 0 fully saturated rings. The molecule has 0 saturated heterocycles. The molecule has 8 heteroatoms. The average Bonchev–Trinajstić information content (AvgIpc) is 3.92. The zero-order valence-corrected chi connectivity index (χ0v) is 43.2. The molecule has 69 heavy (non-hydrogen) atoms. The molecule has 347 valence electrons. The van der Waals surface area contributed by atoms with Gasteiger partial charge in [0.25, 0.3) is 0 Å². The molecule has 1 radical (unpaired) electrons. The number of aromatic nitrogens is 4. The molecule has 0 N–H and O–H groups in total. The molecule has 0 atom stereocenters. The first-order chi connectivity index (χ1) is 35.1. The Kier molecular flexibility index (Phi) is 10.9. The number of fused-ring (bicyclic) bond motifs is 7. The van der Waals surface area contributed by atoms with E-state index in [1.165, 1.54) is 67.8 Å². The number of nitrogens with zero attached hydrogens (tertiary/aromatic N) is 4. The average molecular weight is 1110 g/mol. The molecule has 0 aliphatic heterocycles. The second-order valence-electron chi connectivity index (χ2n) is 19.2. The Morgan fingerprint density at radius 3 is 2.09 bits per heavy atom. The predicted octanol–water partition coefficient (Wildman–Crippen LogP) is 16.2. The van der Waals surface area contributed by atoms with Gasteiger partial charge in [0.2, 0.25) is 5.71 Å². The van der Waals surface area contributed by atoms with Crippen LogP contribution in [0.15, 0.2) is 144 Å². The maximum atomic E-state index is 14.7. The van der Waals surface area contributed by atoms with E-state index in [4.69, 9.17) is 22.6 Å². The summed E-state index contributed by atoms with van der Waals surface area (Å²) < 4.78 is 69.2. The molecular formula is C61H55FIrN4OSi-2. The molecule has 0 saturated carbocycles. The first-order valence-corrected chi connectivity index (χ1v) is 26.6. The number of rotatable bonds is 7. The van der Waals surface area contributed by atoms with Crippen LogP contribution in [-0.2, 0) is 20.1 Å². The molecular weight excluding hydrogens is 1040 g/mol. The van der Waals surface area contributed by atoms with Crippen LogP contribution in [0.1, 0.15) is 75.7 Å². The first-order valence-electron chi connectivity index (χ1n) is 26.1. The van der Waals surface area contributed by atoms with Gasteiger partial charge in [-0.25, -0.2) is 4.98 Å². The van der Waals surface area contributed by atoms with Crippen molar-refractivity contribution in [3.05, 3.63) is 186 Å². The van der Waals surface area contributed by atoms with Gasteiger partial charge in [0.05, 0.1) is 30.5 Å². The van der Waals surface area contributed by atoms with Crippen molar-refractivity contribution in [2.75, 3.05) is 0 Å². The number of halogens is 1. The van der Waals surface area contributed by atoms with Gasteiger partial charge in [-0.05, 0) is 117 Å². The van der Waals surface area contributed by atoms with Gasteiger partial charge < -0.3 is 14.0 Å². The van der Waals surface area contributed by atoms with Crippen LogP contribution in [-0.4, -0.2) is 27.6 Å². The molecule has 0 aliphatic carbocycles. The molecule has 7 aromatic carbocycles. The molecule has 0 amide bonds. The van der Waals surface area contributed by atoms with Gasteiger partial charge in [-0.3, -0.25) is 9.37 Å². The predicted molar refractivity (Wildman–Crippen MR) is 285 cm³/mol. The van der Waals surface area contributed by atoms with Crippen LogP contribution in [0.3, 0.4) is 0 Å². The van der Waals surface area contributed by atoms with E-state index >= 15 is 0 Å². The molecule has 11 aromatic rings. The fourth-order valence-electron chi connectivity index (χ4n) is 9.32. The van der Waals surface area contributed by atoms with E-state index in [1.807, 2.05) is 38.7 Å². The molecule has 0 unspecified atom stereocenters. The summed E-state index contributed by atoms with van der Waals surface area (Å²) in [4.78, 5) is 14.4. The van der Waals surface area contributed by atoms with Crippen molar-refractivity contribution in [3.63, 3.8) is 0 Å². The third kappa shape index (κ3) is 8.75. The topological polar surface area (TPSA) is 56.7 Å². The minimum Gasteiger partial charge on any atom is -0.486 e. The monoisotopic (exact) mass is 1110 g/mol. The van der Waals surface area contributed by atoms with Gasteiger partial charge in [-0.2, -0.15) is 0 Å². The van der Waals surface area contributed by atoms with Gasteiger partial charge in [-0.1, -0.05) is 155 Å². The van der Waals surface area contributed by atoms with Crippen molar-refractivity contribution >= 4 is 67.9 Å². The molecule has 4 heterocycles. The number of hydrogen-bond acceptors (Lipinski definition) is 4. The van der Waals surface area contributed by atoms with Crippen molar-refractivity contribution in [2.24, 2.45) is 0 Å². The summed E-state index contributed by atoms with van der Waals surface area (Å²) in [6, 6.07) is 51.3. The Labute approximate surface area is 427 Å². The van der Waals surface area contributed by atoms with Crippen LogP contribution >= 0.6 is 0 Å². The van der Waals surface area contributed by atoms with Crippen LogP contribution < -0.4 is 5.19 Å². The zero-order chi connectivity index (χ0) is 52.6. The SMILES string of the molecule is Cc1ccc2c(n1)oc1c(-c3nc4cc5c(ccc6ccccc65)cc4n3-c3c(C(C)C)cc(-c4ccccc4)cc3C(C)C)[c-]ccc12.[2H]C([2H])([2H])c1cc(-c2[c-]ccc(C([2H])([2H])[2H])c2F)ncc1[Si](C)(C)C.[Ir]. The number of hydrogen-bond donors (Lipinski definition) is 0. The fraction of sp³-hybridized carbons (Fsp3) is 0.197. The second-order valence-corrected chi connectivity index (χ2v) is 24.3. The Bertz CT molecular complexity index is 3940. The number of aryl methyl sites for hydroxylation is 3. The van der Waals surface area contributed by atoms with E-state index in [9.17, 15) is 4.39 Å². The van der Waals surface area contributed by atoms with Crippen molar-refractivity contribution in [3.8, 4) is 39.5 Å². The van der Waals surface area contributed by atoms with E-state index in [-0.39, 0.29) is 48.8 Å². The van der Waals surface area contributed by atoms with E-state index in [1.54, 1.807) is 0 Å². The Balaban J connectivity index is 0.000000225. The molecule has 0 spiro atoms. The maximum absolute atomic E-state index is 14.7. The van der Waals surface area contributed by atoms with Crippen LogP contribution in [0, 0.1) is 38.6 Å². The van der Waals surface area contributed by atoms with Crippen molar-refractivity contribution in [1.29, 1.82) is 0 Å². The molecule has 0 bridgehead atoms. The third-order valence-corrected chi connectivity index (χ3v) is 14.8. The standard InChI is InChI=1S/C45H36N3O.C16H19FNSi.Ir/c1-26(2)37-22-32(29-12-7-6-8-13-29)23-38(27(3)4)42(37)48-41-24-31-20-19-30-14-9-10-15-33(30)39(31)25-40(41)47-44(48)36-17-11-16-34-35-21-18-28(5)46-45(35)49-43(34)36;1-11-7-6-8-13(16(11)17)14-9-12(2)15(10-18-14)19(3,4)5;/h6-16,18-27H,1-5H3;6-7,9-10H,1-5H3;/q2*-1;/i;1D3,2D3;. The van der Waals surface area contributed by atoms with Gasteiger partial charge in [0, 0.05) is 57.1 Å². The summed E-state index contributed by atoms with van der Waals surface area (Å²) in [5, 5.41) is 7.50. The smallest absolute Gasteiger partial charge is 0.216 e. The Hall–Kier alpha value is -6.57. The summed E-state index contributed by atoms with van der Waals surface area (Å²) in [6.45, 7) is 12.2. The number of furan rings is 1. The normalized spacial score (nSPS) is 13.5.